The number of hydrogen-bond acceptors (Lipinski definition) is 2. The van der Waals surface area contributed by atoms with E-state index in [9.17, 15) is 0 Å². The Balaban J connectivity index is 2.32. The number of aliphatic imine (C=N–C) groups is 1. The normalized spacial score (nSPS) is 22.4. The van der Waals surface area contributed by atoms with E-state index < -0.39 is 0 Å². The van der Waals surface area contributed by atoms with Crippen LogP contribution < -0.4 is 5.32 Å². The predicted molar refractivity (Wildman–Crippen MR) is 41.9 cm³/mol. The molecule has 0 saturated carbocycles. The summed E-state index contributed by atoms with van der Waals surface area (Å²) in [5.41, 5.74) is 2.62. The first-order chi connectivity index (χ1) is 4.97. The van der Waals surface area contributed by atoms with Gasteiger partial charge in [0.15, 0.2) is 0 Å². The molecule has 1 aliphatic heterocycles. The van der Waals surface area contributed by atoms with Crippen molar-refractivity contribution in [1.82, 2.24) is 5.32 Å². The molecule has 0 saturated heterocycles. The number of nitrogens with one attached hydrogen (secondary N) is 1. The fourth-order valence-corrected chi connectivity index (χ4v) is 1.30. The van der Waals surface area contributed by atoms with Gasteiger partial charge in [-0.25, -0.2) is 4.99 Å². The van der Waals surface area contributed by atoms with Crippen LogP contribution in [0.4, 0.5) is 0 Å². The number of rotatable bonds is 0. The van der Waals surface area contributed by atoms with Crippen LogP contribution in [0, 0.1) is 0 Å². The zero-order valence-corrected chi connectivity index (χ0v) is 5.80. The average Bonchev–Trinajstić information content (AvgIpc) is 2.05. The summed E-state index contributed by atoms with van der Waals surface area (Å²) in [6, 6.07) is 0. The van der Waals surface area contributed by atoms with Crippen LogP contribution in [0.1, 0.15) is 12.8 Å². The quantitative estimate of drug-likeness (QED) is 0.529. The molecule has 0 fully saturated rings. The maximum Gasteiger partial charge on any atom is 0.0888 e. The fraction of sp³-hybridized carbons (Fsp3) is 0.375. The molecule has 2 nitrogen and oxygen atoms in total. The zero-order chi connectivity index (χ0) is 6.81. The van der Waals surface area contributed by atoms with E-state index in [0.717, 1.165) is 6.54 Å². The van der Waals surface area contributed by atoms with Crippen molar-refractivity contribution in [1.29, 1.82) is 0 Å². The van der Waals surface area contributed by atoms with E-state index in [1.165, 1.54) is 24.1 Å². The fourth-order valence-electron chi connectivity index (χ4n) is 1.30. The SMILES string of the molecule is C1=CC2=C(CC1)CNC=N2. The third-order valence-electron chi connectivity index (χ3n) is 1.86. The molecule has 0 spiro atoms. The second-order valence-corrected chi connectivity index (χ2v) is 2.57. The van der Waals surface area contributed by atoms with Crippen molar-refractivity contribution in [2.45, 2.75) is 12.8 Å². The van der Waals surface area contributed by atoms with Crippen LogP contribution in [-0.2, 0) is 0 Å². The van der Waals surface area contributed by atoms with Gasteiger partial charge in [-0.2, -0.15) is 0 Å². The summed E-state index contributed by atoms with van der Waals surface area (Å²) in [6.45, 7) is 0.989. The average molecular weight is 134 g/mol. The molecule has 0 atom stereocenters. The minimum absolute atomic E-state index is 0.989. The van der Waals surface area contributed by atoms with E-state index >= 15 is 0 Å². The summed E-state index contributed by atoms with van der Waals surface area (Å²) in [5, 5.41) is 3.10. The number of allylic oxidation sites excluding steroid dienone is 2. The molecular weight excluding hydrogens is 124 g/mol. The van der Waals surface area contributed by atoms with E-state index in [1.807, 2.05) is 0 Å². The van der Waals surface area contributed by atoms with Gasteiger partial charge in [0.05, 0.1) is 12.0 Å². The molecule has 1 N–H and O–H groups in total. The van der Waals surface area contributed by atoms with E-state index in [4.69, 9.17) is 0 Å². The third-order valence-corrected chi connectivity index (χ3v) is 1.86. The van der Waals surface area contributed by atoms with Gasteiger partial charge < -0.3 is 5.32 Å². The highest BCUT2D eigenvalue weighted by Gasteiger charge is 2.08. The van der Waals surface area contributed by atoms with Crippen molar-refractivity contribution in [2.24, 2.45) is 4.99 Å². The molecular formula is C8H10N2. The Bertz CT molecular complexity index is 201. The Morgan fingerprint density at radius 1 is 1.50 bits per heavy atom. The molecule has 0 aromatic heterocycles. The molecule has 0 aromatic rings. The Kier molecular flexibility index (Phi) is 1.31. The smallest absolute Gasteiger partial charge is 0.0888 e. The van der Waals surface area contributed by atoms with Gasteiger partial charge in [0, 0.05) is 6.54 Å². The predicted octanol–water partition coefficient (Wildman–Crippen LogP) is 1.22. The van der Waals surface area contributed by atoms with Gasteiger partial charge in [0.25, 0.3) is 0 Å². The van der Waals surface area contributed by atoms with Crippen LogP contribution in [0.5, 0.6) is 0 Å². The zero-order valence-electron chi connectivity index (χ0n) is 5.80. The van der Waals surface area contributed by atoms with Crippen molar-refractivity contribution in [3.8, 4) is 0 Å². The van der Waals surface area contributed by atoms with Gasteiger partial charge in [-0.15, -0.1) is 0 Å². The Morgan fingerprint density at radius 3 is 3.40 bits per heavy atom. The highest BCUT2D eigenvalue weighted by molar-refractivity contribution is 5.60. The van der Waals surface area contributed by atoms with E-state index in [2.05, 4.69) is 22.5 Å². The molecule has 0 unspecified atom stereocenters. The first-order valence-electron chi connectivity index (χ1n) is 3.61. The molecule has 2 rings (SSSR count). The summed E-state index contributed by atoms with van der Waals surface area (Å²) in [6.07, 6.45) is 8.42. The minimum Gasteiger partial charge on any atom is -0.372 e. The van der Waals surface area contributed by atoms with Gasteiger partial charge >= 0.3 is 0 Å². The van der Waals surface area contributed by atoms with Gasteiger partial charge in [0.2, 0.25) is 0 Å². The standard InChI is InChI=1S/C8H10N2/c1-2-4-8-7(3-1)5-9-6-10-8/h2,4,6H,1,3,5H2,(H,9,10). The van der Waals surface area contributed by atoms with Crippen molar-refractivity contribution < 1.29 is 0 Å². The lowest BCUT2D eigenvalue weighted by Gasteiger charge is -2.16. The van der Waals surface area contributed by atoms with E-state index in [0.29, 0.717) is 0 Å². The highest BCUT2D eigenvalue weighted by Crippen LogP contribution is 2.19. The van der Waals surface area contributed by atoms with Crippen LogP contribution in [0.25, 0.3) is 0 Å². The second kappa shape index (κ2) is 2.29. The number of hydrogen-bond donors (Lipinski definition) is 1. The maximum atomic E-state index is 4.21. The van der Waals surface area contributed by atoms with Crippen LogP contribution in [0.3, 0.4) is 0 Å². The Morgan fingerprint density at radius 2 is 2.50 bits per heavy atom. The van der Waals surface area contributed by atoms with Crippen molar-refractivity contribution in [3.63, 3.8) is 0 Å². The topological polar surface area (TPSA) is 24.4 Å². The van der Waals surface area contributed by atoms with Crippen molar-refractivity contribution in [2.75, 3.05) is 6.54 Å². The lowest BCUT2D eigenvalue weighted by atomic mass is 10.0. The molecule has 10 heavy (non-hydrogen) atoms. The molecule has 2 heteroatoms. The van der Waals surface area contributed by atoms with E-state index in [1.54, 1.807) is 6.34 Å². The van der Waals surface area contributed by atoms with Crippen molar-refractivity contribution >= 4 is 6.34 Å². The maximum absolute atomic E-state index is 4.21. The summed E-state index contributed by atoms with van der Waals surface area (Å²) in [7, 11) is 0. The molecule has 0 radical (unpaired) electrons. The largest absolute Gasteiger partial charge is 0.372 e. The number of nitrogens with zero attached hydrogens (tertiary/aromatic N) is 1. The molecule has 0 bridgehead atoms. The minimum atomic E-state index is 0.989. The first kappa shape index (κ1) is 5.71. The van der Waals surface area contributed by atoms with Crippen LogP contribution in [0.2, 0.25) is 0 Å². The van der Waals surface area contributed by atoms with Crippen molar-refractivity contribution in [3.05, 3.63) is 23.4 Å². The summed E-state index contributed by atoms with van der Waals surface area (Å²) < 4.78 is 0. The Labute approximate surface area is 60.3 Å². The highest BCUT2D eigenvalue weighted by atomic mass is 15.0. The Hall–Kier alpha value is -1.05. The molecule has 1 heterocycles. The second-order valence-electron chi connectivity index (χ2n) is 2.57. The molecule has 0 amide bonds. The molecule has 1 aliphatic carbocycles. The molecule has 0 aromatic carbocycles. The van der Waals surface area contributed by atoms with Crippen LogP contribution >= 0.6 is 0 Å². The lowest BCUT2D eigenvalue weighted by Crippen LogP contribution is -2.20. The monoisotopic (exact) mass is 134 g/mol. The third kappa shape index (κ3) is 0.856. The summed E-state index contributed by atoms with van der Waals surface area (Å²) >= 11 is 0. The van der Waals surface area contributed by atoms with Gasteiger partial charge in [-0.05, 0) is 24.5 Å². The van der Waals surface area contributed by atoms with Gasteiger partial charge in [-0.3, -0.25) is 0 Å². The lowest BCUT2D eigenvalue weighted by molar-refractivity contribution is 0.836. The van der Waals surface area contributed by atoms with E-state index in [-0.39, 0.29) is 0 Å². The van der Waals surface area contributed by atoms with Gasteiger partial charge in [-0.1, -0.05) is 6.08 Å². The van der Waals surface area contributed by atoms with Crippen LogP contribution in [-0.4, -0.2) is 12.9 Å². The summed E-state index contributed by atoms with van der Waals surface area (Å²) in [4.78, 5) is 4.21. The van der Waals surface area contributed by atoms with Gasteiger partial charge in [0.1, 0.15) is 0 Å². The summed E-state index contributed by atoms with van der Waals surface area (Å²) in [5.74, 6) is 0. The van der Waals surface area contributed by atoms with Crippen LogP contribution in [0.15, 0.2) is 28.4 Å². The first-order valence-corrected chi connectivity index (χ1v) is 3.61. The molecule has 2 aliphatic rings. The molecule has 52 valence electrons.